The van der Waals surface area contributed by atoms with Crippen LogP contribution in [0.25, 0.3) is 0 Å². The van der Waals surface area contributed by atoms with Crippen molar-refractivity contribution < 1.29 is 9.59 Å². The number of hydrogen-bond acceptors (Lipinski definition) is 1. The van der Waals surface area contributed by atoms with Crippen molar-refractivity contribution >= 4 is 0 Å². The molecule has 0 aliphatic carbocycles. The third-order valence-corrected chi connectivity index (χ3v) is 9.26. The minimum absolute atomic E-state index is 0.367. The van der Waals surface area contributed by atoms with Crippen molar-refractivity contribution in [3.63, 3.8) is 0 Å². The molecule has 0 fully saturated rings. The molecule has 0 unspecified atom stereocenters. The van der Waals surface area contributed by atoms with Crippen molar-refractivity contribution in [2.75, 3.05) is 26.4 Å². The molecule has 0 heterocycles. The summed E-state index contributed by atoms with van der Waals surface area (Å²) >= 11 is 0. The summed E-state index contributed by atoms with van der Waals surface area (Å²) in [7, 11) is 0. The van der Waals surface area contributed by atoms with Gasteiger partial charge in [-0.25, -0.2) is 0 Å². The van der Waals surface area contributed by atoms with Gasteiger partial charge < -0.3 is 9.59 Å². The second kappa shape index (κ2) is 32.4. The van der Waals surface area contributed by atoms with Gasteiger partial charge in [0.1, 0.15) is 0 Å². The SMILES string of the molecule is CCCCCCCCCCCC[N+](CO)(CCCCCCCCCCCC)CCCCCCCCCCCC. The number of rotatable bonds is 34. The number of quaternary nitrogens is 1. The zero-order valence-electron chi connectivity index (χ0n) is 27.9. The summed E-state index contributed by atoms with van der Waals surface area (Å²) in [5.41, 5.74) is 0. The minimum Gasteiger partial charge on any atom is -0.347 e. The molecule has 0 aromatic heterocycles. The van der Waals surface area contributed by atoms with E-state index in [2.05, 4.69) is 20.8 Å². The Morgan fingerprint density at radius 2 is 0.462 bits per heavy atom. The van der Waals surface area contributed by atoms with Crippen molar-refractivity contribution in [2.24, 2.45) is 0 Å². The van der Waals surface area contributed by atoms with Gasteiger partial charge in [-0.3, -0.25) is 0 Å². The normalized spacial score (nSPS) is 12.0. The molecule has 236 valence electrons. The highest BCUT2D eigenvalue weighted by atomic mass is 16.3. The van der Waals surface area contributed by atoms with Gasteiger partial charge in [0, 0.05) is 0 Å². The zero-order chi connectivity index (χ0) is 28.5. The van der Waals surface area contributed by atoms with Crippen LogP contribution in [0.5, 0.6) is 0 Å². The Labute approximate surface area is 249 Å². The van der Waals surface area contributed by atoms with Crippen molar-refractivity contribution in [3.05, 3.63) is 0 Å². The first-order chi connectivity index (χ1) is 19.2. The Kier molecular flexibility index (Phi) is 32.4. The van der Waals surface area contributed by atoms with Crippen LogP contribution < -0.4 is 0 Å². The molecule has 0 atom stereocenters. The van der Waals surface area contributed by atoms with Gasteiger partial charge >= 0.3 is 0 Å². The lowest BCUT2D eigenvalue weighted by atomic mass is 10.0. The Morgan fingerprint density at radius 3 is 0.641 bits per heavy atom. The first-order valence-corrected chi connectivity index (χ1v) is 18.7. The fourth-order valence-corrected chi connectivity index (χ4v) is 6.35. The van der Waals surface area contributed by atoms with Crippen LogP contribution in [-0.2, 0) is 0 Å². The van der Waals surface area contributed by atoms with Crippen LogP contribution >= 0.6 is 0 Å². The molecule has 0 aromatic carbocycles. The zero-order valence-corrected chi connectivity index (χ0v) is 27.9. The fraction of sp³-hybridized carbons (Fsp3) is 1.00. The van der Waals surface area contributed by atoms with Gasteiger partial charge in [0.15, 0.2) is 6.73 Å². The summed E-state index contributed by atoms with van der Waals surface area (Å²) in [4.78, 5) is 0. The van der Waals surface area contributed by atoms with E-state index >= 15 is 0 Å². The van der Waals surface area contributed by atoms with Crippen LogP contribution in [0.15, 0.2) is 0 Å². The minimum atomic E-state index is 0.367. The van der Waals surface area contributed by atoms with E-state index in [9.17, 15) is 5.11 Å². The molecule has 2 heteroatoms. The number of hydrogen-bond donors (Lipinski definition) is 1. The largest absolute Gasteiger partial charge is 0.347 e. The maximum absolute atomic E-state index is 10.6. The first-order valence-electron chi connectivity index (χ1n) is 18.7. The monoisotopic (exact) mass is 553 g/mol. The fourth-order valence-electron chi connectivity index (χ4n) is 6.35. The summed E-state index contributed by atoms with van der Waals surface area (Å²) < 4.78 is 0.991. The summed E-state index contributed by atoms with van der Waals surface area (Å²) in [5.74, 6) is 0. The summed E-state index contributed by atoms with van der Waals surface area (Å²) in [6, 6.07) is 0. The van der Waals surface area contributed by atoms with E-state index in [1.807, 2.05) is 0 Å². The van der Waals surface area contributed by atoms with Crippen LogP contribution in [0, 0.1) is 0 Å². The van der Waals surface area contributed by atoms with E-state index in [1.165, 1.54) is 212 Å². The van der Waals surface area contributed by atoms with Gasteiger partial charge in [-0.05, 0) is 38.5 Å². The van der Waals surface area contributed by atoms with E-state index in [-0.39, 0.29) is 0 Å². The van der Waals surface area contributed by atoms with E-state index in [0.29, 0.717) is 6.73 Å². The molecule has 0 rings (SSSR count). The average Bonchev–Trinajstić information content (AvgIpc) is 2.95. The van der Waals surface area contributed by atoms with Gasteiger partial charge in [-0.2, -0.15) is 0 Å². The molecule has 39 heavy (non-hydrogen) atoms. The van der Waals surface area contributed by atoms with Crippen LogP contribution in [0.3, 0.4) is 0 Å². The molecule has 0 aliphatic heterocycles. The second-order valence-corrected chi connectivity index (χ2v) is 13.2. The molecule has 0 saturated heterocycles. The molecular weight excluding hydrogens is 474 g/mol. The molecule has 1 N–H and O–H groups in total. The van der Waals surface area contributed by atoms with Crippen molar-refractivity contribution in [3.8, 4) is 0 Å². The maximum Gasteiger partial charge on any atom is 0.180 e. The molecule has 0 bridgehead atoms. The third kappa shape index (κ3) is 27.8. The third-order valence-electron chi connectivity index (χ3n) is 9.26. The summed E-state index contributed by atoms with van der Waals surface area (Å²) in [5, 5.41) is 10.6. The number of aliphatic hydroxyl groups is 1. The van der Waals surface area contributed by atoms with Gasteiger partial charge in [0.05, 0.1) is 19.6 Å². The van der Waals surface area contributed by atoms with E-state index < -0.39 is 0 Å². The topological polar surface area (TPSA) is 20.2 Å². The molecule has 0 saturated carbocycles. The lowest BCUT2D eigenvalue weighted by Gasteiger charge is -2.37. The van der Waals surface area contributed by atoms with E-state index in [1.54, 1.807) is 0 Å². The predicted octanol–water partition coefficient (Wildman–Crippen LogP) is 12.5. The Hall–Kier alpha value is -0.0800. The van der Waals surface area contributed by atoms with Crippen LogP contribution in [0.4, 0.5) is 0 Å². The molecule has 0 aliphatic rings. The van der Waals surface area contributed by atoms with Crippen molar-refractivity contribution in [2.45, 2.75) is 213 Å². The Balaban J connectivity index is 4.22. The highest BCUT2D eigenvalue weighted by Crippen LogP contribution is 2.19. The molecule has 2 nitrogen and oxygen atoms in total. The quantitative estimate of drug-likeness (QED) is 0.0478. The summed E-state index contributed by atoms with van der Waals surface area (Å²) in [6.45, 7) is 10.9. The lowest BCUT2D eigenvalue weighted by Crippen LogP contribution is -2.50. The molecular formula is C37H78NO+. The van der Waals surface area contributed by atoms with Crippen LogP contribution in [0.2, 0.25) is 0 Å². The van der Waals surface area contributed by atoms with Crippen molar-refractivity contribution in [1.82, 2.24) is 0 Å². The smallest absolute Gasteiger partial charge is 0.180 e. The molecule has 0 aromatic rings. The van der Waals surface area contributed by atoms with E-state index in [4.69, 9.17) is 0 Å². The standard InChI is InChI=1S/C37H78NO/c1-4-7-10-13-16-19-22-25-28-31-34-38(37-39,35-32-29-26-23-20-17-14-11-8-5-2)36-33-30-27-24-21-18-15-12-9-6-3/h39H,4-37H2,1-3H3/q+1. The van der Waals surface area contributed by atoms with Gasteiger partial charge in [-0.1, -0.05) is 175 Å². The first kappa shape index (κ1) is 38.9. The molecule has 0 amide bonds. The van der Waals surface area contributed by atoms with Crippen molar-refractivity contribution in [1.29, 1.82) is 0 Å². The number of aliphatic hydroxyl groups excluding tert-OH is 1. The van der Waals surface area contributed by atoms with E-state index in [0.717, 1.165) is 4.48 Å². The Morgan fingerprint density at radius 1 is 0.282 bits per heavy atom. The van der Waals surface area contributed by atoms with Gasteiger partial charge in [0.2, 0.25) is 0 Å². The highest BCUT2D eigenvalue weighted by molar-refractivity contribution is 4.53. The lowest BCUT2D eigenvalue weighted by molar-refractivity contribution is -0.945. The maximum atomic E-state index is 10.6. The number of unbranched alkanes of at least 4 members (excludes halogenated alkanes) is 27. The Bertz CT molecular complexity index is 377. The average molecular weight is 553 g/mol. The predicted molar refractivity (Wildman–Crippen MR) is 177 cm³/mol. The van der Waals surface area contributed by atoms with Gasteiger partial charge in [0.25, 0.3) is 0 Å². The van der Waals surface area contributed by atoms with Crippen LogP contribution in [-0.4, -0.2) is 36.0 Å². The second-order valence-electron chi connectivity index (χ2n) is 13.2. The molecule has 0 spiro atoms. The molecule has 0 radical (unpaired) electrons. The van der Waals surface area contributed by atoms with Crippen LogP contribution in [0.1, 0.15) is 213 Å². The van der Waals surface area contributed by atoms with Gasteiger partial charge in [-0.15, -0.1) is 0 Å². The summed E-state index contributed by atoms with van der Waals surface area (Å²) in [6.07, 6.45) is 42.0. The highest BCUT2D eigenvalue weighted by Gasteiger charge is 2.25. The number of nitrogens with zero attached hydrogens (tertiary/aromatic N) is 1.